The molecule has 0 radical (unpaired) electrons. The summed E-state index contributed by atoms with van der Waals surface area (Å²) in [5, 5.41) is 4.07. The van der Waals surface area contributed by atoms with Crippen LogP contribution < -0.4 is 14.8 Å². The number of aliphatic imine (C=N–C) groups is 1. The molecule has 1 aliphatic heterocycles. The number of para-hydroxylation sites is 1. The highest BCUT2D eigenvalue weighted by molar-refractivity contribution is 8.18. The number of carbonyl (C=O) groups excluding carboxylic acids is 1. The van der Waals surface area contributed by atoms with Crippen molar-refractivity contribution in [1.29, 1.82) is 0 Å². The Hall–Kier alpha value is -3.22. The maximum atomic E-state index is 12.4. The van der Waals surface area contributed by atoms with E-state index in [1.54, 1.807) is 7.11 Å². The second-order valence-corrected chi connectivity index (χ2v) is 8.56. The number of aryl methyl sites for hydroxylation is 1. The third kappa shape index (κ3) is 5.33. The lowest BCUT2D eigenvalue weighted by Gasteiger charge is -2.11. The van der Waals surface area contributed by atoms with E-state index in [-0.39, 0.29) is 5.91 Å². The minimum Gasteiger partial charge on any atom is -0.493 e. The average molecular weight is 465 g/mol. The van der Waals surface area contributed by atoms with Gasteiger partial charge >= 0.3 is 0 Å². The maximum Gasteiger partial charge on any atom is 0.264 e. The van der Waals surface area contributed by atoms with Crippen LogP contribution in [0.2, 0.25) is 5.02 Å². The number of methoxy groups -OCH3 is 1. The van der Waals surface area contributed by atoms with Gasteiger partial charge in [0.1, 0.15) is 6.61 Å². The molecular weight excluding hydrogens is 444 g/mol. The number of amides is 1. The highest BCUT2D eigenvalue weighted by Crippen LogP contribution is 2.33. The van der Waals surface area contributed by atoms with E-state index in [1.807, 2.05) is 79.7 Å². The summed E-state index contributed by atoms with van der Waals surface area (Å²) in [4.78, 5) is 17.5. The van der Waals surface area contributed by atoms with Gasteiger partial charge in [-0.2, -0.15) is 0 Å². The number of halogens is 1. The fraction of sp³-hybridized carbons (Fsp3) is 0.120. The fourth-order valence-electron chi connectivity index (χ4n) is 3.07. The number of amidine groups is 1. The van der Waals surface area contributed by atoms with E-state index in [2.05, 4.69) is 10.3 Å². The van der Waals surface area contributed by atoms with E-state index in [4.69, 9.17) is 21.1 Å². The Morgan fingerprint density at radius 1 is 1.06 bits per heavy atom. The monoisotopic (exact) mass is 464 g/mol. The van der Waals surface area contributed by atoms with Crippen molar-refractivity contribution in [2.24, 2.45) is 4.99 Å². The van der Waals surface area contributed by atoms with Gasteiger partial charge in [-0.05, 0) is 71.8 Å². The zero-order valence-corrected chi connectivity index (χ0v) is 19.2. The minimum absolute atomic E-state index is 0.177. The summed E-state index contributed by atoms with van der Waals surface area (Å²) >= 11 is 7.24. The molecule has 1 heterocycles. The van der Waals surface area contributed by atoms with Crippen molar-refractivity contribution in [1.82, 2.24) is 5.32 Å². The average Bonchev–Trinajstić information content (AvgIpc) is 3.14. The Morgan fingerprint density at radius 2 is 1.84 bits per heavy atom. The van der Waals surface area contributed by atoms with Gasteiger partial charge in [-0.1, -0.05) is 48.0 Å². The zero-order valence-electron chi connectivity index (χ0n) is 17.6. The van der Waals surface area contributed by atoms with Crippen molar-refractivity contribution in [2.45, 2.75) is 13.5 Å². The van der Waals surface area contributed by atoms with Crippen LogP contribution >= 0.6 is 23.4 Å². The molecule has 5 nitrogen and oxygen atoms in total. The summed E-state index contributed by atoms with van der Waals surface area (Å²) in [6.07, 6.45) is 1.81. The number of hydrogen-bond acceptors (Lipinski definition) is 5. The lowest BCUT2D eigenvalue weighted by molar-refractivity contribution is -0.115. The van der Waals surface area contributed by atoms with E-state index in [9.17, 15) is 4.79 Å². The van der Waals surface area contributed by atoms with Gasteiger partial charge in [-0.3, -0.25) is 4.79 Å². The molecule has 1 fully saturated rings. The van der Waals surface area contributed by atoms with Crippen molar-refractivity contribution in [3.8, 4) is 11.5 Å². The first-order valence-electron chi connectivity index (χ1n) is 9.92. The van der Waals surface area contributed by atoms with Gasteiger partial charge in [0, 0.05) is 5.02 Å². The number of nitrogens with zero attached hydrogens (tertiary/aromatic N) is 1. The minimum atomic E-state index is -0.177. The molecule has 162 valence electrons. The molecule has 1 amide bonds. The molecule has 0 unspecified atom stereocenters. The molecule has 1 N–H and O–H groups in total. The fourth-order valence-corrected chi connectivity index (χ4v) is 4.03. The molecule has 4 rings (SSSR count). The van der Waals surface area contributed by atoms with Crippen LogP contribution in [-0.4, -0.2) is 18.2 Å². The van der Waals surface area contributed by atoms with Crippen LogP contribution in [0.1, 0.15) is 16.7 Å². The van der Waals surface area contributed by atoms with E-state index >= 15 is 0 Å². The van der Waals surface area contributed by atoms with E-state index in [0.29, 0.717) is 33.2 Å². The van der Waals surface area contributed by atoms with Crippen molar-refractivity contribution in [3.05, 3.63) is 93.3 Å². The third-order valence-electron chi connectivity index (χ3n) is 4.78. The molecule has 0 aliphatic carbocycles. The smallest absolute Gasteiger partial charge is 0.264 e. The predicted molar refractivity (Wildman–Crippen MR) is 131 cm³/mol. The maximum absolute atomic E-state index is 12.4. The first-order chi connectivity index (χ1) is 15.5. The van der Waals surface area contributed by atoms with Crippen LogP contribution in [0.4, 0.5) is 5.69 Å². The van der Waals surface area contributed by atoms with Gasteiger partial charge in [0.15, 0.2) is 16.7 Å². The molecule has 0 atom stereocenters. The van der Waals surface area contributed by atoms with Crippen LogP contribution in [-0.2, 0) is 11.4 Å². The molecule has 3 aromatic carbocycles. The quantitative estimate of drug-likeness (QED) is 0.446. The number of benzene rings is 3. The van der Waals surface area contributed by atoms with Gasteiger partial charge in [-0.15, -0.1) is 0 Å². The largest absolute Gasteiger partial charge is 0.493 e. The Kier molecular flexibility index (Phi) is 6.83. The highest BCUT2D eigenvalue weighted by Gasteiger charge is 2.24. The normalized spacial score (nSPS) is 15.8. The molecule has 32 heavy (non-hydrogen) atoms. The topological polar surface area (TPSA) is 59.9 Å². The van der Waals surface area contributed by atoms with Crippen LogP contribution in [0.25, 0.3) is 6.08 Å². The molecule has 0 bridgehead atoms. The van der Waals surface area contributed by atoms with Crippen LogP contribution in [0.15, 0.2) is 76.6 Å². The number of ether oxygens (including phenoxy) is 2. The van der Waals surface area contributed by atoms with Gasteiger partial charge in [0.2, 0.25) is 0 Å². The van der Waals surface area contributed by atoms with Gasteiger partial charge < -0.3 is 14.8 Å². The second kappa shape index (κ2) is 9.94. The summed E-state index contributed by atoms with van der Waals surface area (Å²) in [7, 11) is 1.59. The standard InChI is InChI=1S/C25H21ClN2O3S/c1-16-5-3-4-6-20(16)27-25-28-24(29)23(32-25)14-18-9-12-21(22(13-18)30-2)31-15-17-7-10-19(26)11-8-17/h3-14H,15H2,1-2H3,(H,27,28,29). The first-order valence-corrected chi connectivity index (χ1v) is 11.1. The third-order valence-corrected chi connectivity index (χ3v) is 5.94. The SMILES string of the molecule is COc1cc(C=C2SC(=Nc3ccccc3C)NC2=O)ccc1OCc1ccc(Cl)cc1. The second-order valence-electron chi connectivity index (χ2n) is 7.09. The molecule has 7 heteroatoms. The van der Waals surface area contributed by atoms with Gasteiger partial charge in [-0.25, -0.2) is 4.99 Å². The van der Waals surface area contributed by atoms with Crippen molar-refractivity contribution < 1.29 is 14.3 Å². The number of thioether (sulfide) groups is 1. The van der Waals surface area contributed by atoms with E-state index in [1.165, 1.54) is 11.8 Å². The first kappa shape index (κ1) is 22.0. The van der Waals surface area contributed by atoms with Gasteiger partial charge in [0.25, 0.3) is 5.91 Å². The molecule has 1 saturated heterocycles. The molecule has 1 aliphatic rings. The Labute approximate surface area is 196 Å². The highest BCUT2D eigenvalue weighted by atomic mass is 35.5. The van der Waals surface area contributed by atoms with Crippen molar-refractivity contribution >= 4 is 46.2 Å². The lowest BCUT2D eigenvalue weighted by Crippen LogP contribution is -2.19. The zero-order chi connectivity index (χ0) is 22.5. The summed E-state index contributed by atoms with van der Waals surface area (Å²) < 4.78 is 11.4. The molecular formula is C25H21ClN2O3S. The number of nitrogens with one attached hydrogen (secondary N) is 1. The summed E-state index contributed by atoms with van der Waals surface area (Å²) in [5.41, 5.74) is 3.71. The summed E-state index contributed by atoms with van der Waals surface area (Å²) in [5.74, 6) is 1.03. The van der Waals surface area contributed by atoms with Crippen molar-refractivity contribution in [3.63, 3.8) is 0 Å². The van der Waals surface area contributed by atoms with Crippen LogP contribution in [0.3, 0.4) is 0 Å². The number of carbonyl (C=O) groups is 1. The predicted octanol–water partition coefficient (Wildman–Crippen LogP) is 6.13. The number of hydrogen-bond donors (Lipinski definition) is 1. The molecule has 0 spiro atoms. The van der Waals surface area contributed by atoms with Crippen molar-refractivity contribution in [2.75, 3.05) is 7.11 Å². The van der Waals surface area contributed by atoms with Crippen LogP contribution in [0, 0.1) is 6.92 Å². The summed E-state index contributed by atoms with van der Waals surface area (Å²) in [6.45, 7) is 2.38. The lowest BCUT2D eigenvalue weighted by atomic mass is 10.2. The number of rotatable bonds is 6. The molecule has 3 aromatic rings. The Morgan fingerprint density at radius 3 is 2.59 bits per heavy atom. The van der Waals surface area contributed by atoms with E-state index in [0.717, 1.165) is 22.4 Å². The summed E-state index contributed by atoms with van der Waals surface area (Å²) in [6, 6.07) is 20.8. The molecule has 0 aromatic heterocycles. The van der Waals surface area contributed by atoms with E-state index < -0.39 is 0 Å². The molecule has 0 saturated carbocycles. The Bertz CT molecular complexity index is 1210. The van der Waals surface area contributed by atoms with Crippen LogP contribution in [0.5, 0.6) is 11.5 Å². The van der Waals surface area contributed by atoms with Gasteiger partial charge in [0.05, 0.1) is 17.7 Å². The Balaban J connectivity index is 1.49.